The van der Waals surface area contributed by atoms with E-state index in [0.717, 1.165) is 15.3 Å². The molecule has 0 spiro atoms. The van der Waals surface area contributed by atoms with E-state index in [1.54, 1.807) is 0 Å². The highest BCUT2D eigenvalue weighted by Gasteiger charge is 2.36. The Hall–Kier alpha value is -3.49. The van der Waals surface area contributed by atoms with E-state index in [1.807, 2.05) is 0 Å². The van der Waals surface area contributed by atoms with Crippen molar-refractivity contribution < 1.29 is 34.8 Å². The molecule has 0 radical (unpaired) electrons. The number of pyridine rings is 1. The smallest absolute Gasteiger partial charge is 0.266 e. The molecule has 0 unspecified atom stereocenters. The van der Waals surface area contributed by atoms with Crippen LogP contribution in [0.3, 0.4) is 0 Å². The molecule has 34 heavy (non-hydrogen) atoms. The molecule has 180 valence electrons. The second-order valence-electron chi connectivity index (χ2n) is 7.18. The molecule has 4 heterocycles. The van der Waals surface area contributed by atoms with E-state index in [2.05, 4.69) is 20.2 Å². The molecule has 4 aromatic heterocycles. The summed E-state index contributed by atoms with van der Waals surface area (Å²) < 4.78 is 105. The van der Waals surface area contributed by atoms with Gasteiger partial charge in [-0.25, -0.2) is 17.9 Å². The maximum atomic E-state index is 13.1. The first-order chi connectivity index (χ1) is 15.7. The van der Waals surface area contributed by atoms with Crippen molar-refractivity contribution in [1.82, 2.24) is 29.4 Å². The van der Waals surface area contributed by atoms with Crippen LogP contribution >= 0.6 is 0 Å². The highest BCUT2D eigenvalue weighted by molar-refractivity contribution is 7.91. The second kappa shape index (κ2) is 7.78. The minimum Gasteiger partial charge on any atom is -0.266 e. The zero-order valence-corrected chi connectivity index (χ0v) is 18.2. The van der Waals surface area contributed by atoms with Crippen LogP contribution in [0, 0.1) is 0 Å². The number of hydrogen-bond donors (Lipinski definition) is 0. The summed E-state index contributed by atoms with van der Waals surface area (Å²) in [6.45, 7) is 1.35. The van der Waals surface area contributed by atoms with E-state index in [4.69, 9.17) is 0 Å². The first-order valence-electron chi connectivity index (χ1n) is 9.48. The predicted octanol–water partition coefficient (Wildman–Crippen LogP) is 4.02. The van der Waals surface area contributed by atoms with Gasteiger partial charge in [0.05, 0.1) is 16.3 Å². The third-order valence-corrected chi connectivity index (χ3v) is 6.66. The Balaban J connectivity index is 1.87. The van der Waals surface area contributed by atoms with Crippen molar-refractivity contribution in [2.24, 2.45) is 7.05 Å². The van der Waals surface area contributed by atoms with Gasteiger partial charge in [0, 0.05) is 42.8 Å². The lowest BCUT2D eigenvalue weighted by molar-refractivity contribution is -0.142. The molecule has 15 heteroatoms. The van der Waals surface area contributed by atoms with Crippen molar-refractivity contribution >= 4 is 15.5 Å². The Kier molecular flexibility index (Phi) is 5.42. The van der Waals surface area contributed by atoms with Gasteiger partial charge < -0.3 is 0 Å². The van der Waals surface area contributed by atoms with Gasteiger partial charge in [-0.2, -0.15) is 36.5 Å². The molecule has 0 atom stereocenters. The lowest BCUT2D eigenvalue weighted by Gasteiger charge is -2.11. The van der Waals surface area contributed by atoms with Crippen molar-refractivity contribution in [3.05, 3.63) is 48.2 Å². The fourth-order valence-electron chi connectivity index (χ4n) is 3.18. The molecule has 4 rings (SSSR count). The Labute approximate surface area is 187 Å². The summed E-state index contributed by atoms with van der Waals surface area (Å²) in [5, 5.41) is 6.82. The van der Waals surface area contributed by atoms with E-state index in [0.29, 0.717) is 6.07 Å². The van der Waals surface area contributed by atoms with E-state index in [1.165, 1.54) is 38.6 Å². The molecule has 0 aliphatic heterocycles. The Morgan fingerprint density at radius 1 is 0.882 bits per heavy atom. The summed E-state index contributed by atoms with van der Waals surface area (Å²) in [6.07, 6.45) is -5.83. The van der Waals surface area contributed by atoms with Gasteiger partial charge in [0.2, 0.25) is 0 Å². The summed E-state index contributed by atoms with van der Waals surface area (Å²) in [6, 6.07) is 2.61. The fourth-order valence-corrected chi connectivity index (χ4v) is 4.25. The van der Waals surface area contributed by atoms with Crippen LogP contribution in [0.1, 0.15) is 18.3 Å². The maximum absolute atomic E-state index is 13.1. The van der Waals surface area contributed by atoms with Gasteiger partial charge in [-0.3, -0.25) is 9.67 Å². The number of rotatable bonds is 4. The topological polar surface area (TPSA) is 95.0 Å². The quantitative estimate of drug-likeness (QED) is 0.390. The average Bonchev–Trinajstić information content (AvgIpc) is 3.36. The molecule has 0 saturated heterocycles. The summed E-state index contributed by atoms with van der Waals surface area (Å²) in [5.41, 5.74) is -2.54. The van der Waals surface area contributed by atoms with Crippen molar-refractivity contribution in [3.63, 3.8) is 0 Å². The van der Waals surface area contributed by atoms with Crippen molar-refractivity contribution in [2.75, 3.05) is 5.75 Å². The number of hydrogen-bond acceptors (Lipinski definition) is 6. The van der Waals surface area contributed by atoms with E-state index < -0.39 is 33.6 Å². The van der Waals surface area contributed by atoms with Crippen LogP contribution in [0.15, 0.2) is 41.7 Å². The monoisotopic (exact) mass is 504 g/mol. The standard InChI is InChI=1S/C19H14F6N6O2S/c1-3-34(32,33)13-4-10(7-27-17(13)12-5-14(18(20,21)22)28-30(12)2)11-8-26-16-6-15(19(23,24)25)29-31(16)9-11/h4-9H,3H2,1-2H3. The van der Waals surface area contributed by atoms with Crippen molar-refractivity contribution in [2.45, 2.75) is 24.2 Å². The third-order valence-electron chi connectivity index (χ3n) is 4.92. The lowest BCUT2D eigenvalue weighted by atomic mass is 10.1. The molecule has 0 N–H and O–H groups in total. The number of aryl methyl sites for hydroxylation is 1. The van der Waals surface area contributed by atoms with Gasteiger partial charge in [-0.15, -0.1) is 0 Å². The molecule has 0 aliphatic carbocycles. The minimum atomic E-state index is -4.75. The van der Waals surface area contributed by atoms with Crippen molar-refractivity contribution in [1.29, 1.82) is 0 Å². The highest BCUT2D eigenvalue weighted by Crippen LogP contribution is 2.35. The molecule has 0 bridgehead atoms. The van der Waals surface area contributed by atoms with E-state index in [-0.39, 0.29) is 38.8 Å². The summed E-state index contributed by atoms with van der Waals surface area (Å²) in [5.74, 6) is -0.375. The number of nitrogens with zero attached hydrogens (tertiary/aromatic N) is 6. The van der Waals surface area contributed by atoms with Gasteiger partial charge >= 0.3 is 12.4 Å². The van der Waals surface area contributed by atoms with Gasteiger partial charge in [-0.05, 0) is 12.1 Å². The molecule has 0 aromatic carbocycles. The van der Waals surface area contributed by atoms with Gasteiger partial charge in [0.1, 0.15) is 5.69 Å². The fraction of sp³-hybridized carbons (Fsp3) is 0.263. The first kappa shape index (κ1) is 23.7. The Bertz CT molecular complexity index is 1500. The molecule has 0 amide bonds. The second-order valence-corrected chi connectivity index (χ2v) is 9.43. The summed E-state index contributed by atoms with van der Waals surface area (Å²) >= 11 is 0. The Morgan fingerprint density at radius 3 is 2.09 bits per heavy atom. The van der Waals surface area contributed by atoms with Gasteiger partial charge in [0.15, 0.2) is 26.9 Å². The van der Waals surface area contributed by atoms with Crippen LogP contribution in [0.2, 0.25) is 0 Å². The zero-order valence-electron chi connectivity index (χ0n) is 17.3. The van der Waals surface area contributed by atoms with Gasteiger partial charge in [0.25, 0.3) is 0 Å². The molecule has 0 aliphatic rings. The number of sulfone groups is 1. The number of fused-ring (bicyclic) bond motifs is 1. The van der Waals surface area contributed by atoms with E-state index >= 15 is 0 Å². The molecular weight excluding hydrogens is 490 g/mol. The predicted molar refractivity (Wildman–Crippen MR) is 106 cm³/mol. The molecule has 8 nitrogen and oxygen atoms in total. The minimum absolute atomic E-state index is 0.0865. The summed E-state index contributed by atoms with van der Waals surface area (Å²) in [7, 11) is -2.77. The molecule has 0 fully saturated rings. The lowest BCUT2D eigenvalue weighted by Crippen LogP contribution is -2.09. The van der Waals surface area contributed by atoms with Crippen LogP contribution in [0.4, 0.5) is 26.3 Å². The van der Waals surface area contributed by atoms with Crippen LogP contribution in [-0.4, -0.2) is 43.5 Å². The number of halogens is 6. The molecular formula is C19H14F6N6O2S. The average molecular weight is 504 g/mol. The van der Waals surface area contributed by atoms with Crippen LogP contribution in [-0.2, 0) is 29.2 Å². The zero-order chi connectivity index (χ0) is 25.1. The van der Waals surface area contributed by atoms with Crippen LogP contribution < -0.4 is 0 Å². The largest absolute Gasteiger partial charge is 0.435 e. The van der Waals surface area contributed by atoms with Crippen LogP contribution in [0.25, 0.3) is 28.2 Å². The van der Waals surface area contributed by atoms with E-state index in [9.17, 15) is 34.8 Å². The first-order valence-corrected chi connectivity index (χ1v) is 11.1. The van der Waals surface area contributed by atoms with Gasteiger partial charge in [-0.1, -0.05) is 6.92 Å². The highest BCUT2D eigenvalue weighted by atomic mass is 32.2. The maximum Gasteiger partial charge on any atom is 0.435 e. The van der Waals surface area contributed by atoms with Crippen LogP contribution in [0.5, 0.6) is 0 Å². The number of aromatic nitrogens is 6. The Morgan fingerprint density at radius 2 is 1.50 bits per heavy atom. The van der Waals surface area contributed by atoms with Crippen molar-refractivity contribution in [3.8, 4) is 22.5 Å². The summed E-state index contributed by atoms with van der Waals surface area (Å²) in [4.78, 5) is 7.63. The molecule has 4 aromatic rings. The molecule has 0 saturated carbocycles. The SMILES string of the molecule is CCS(=O)(=O)c1cc(-c2cnc3cc(C(F)(F)F)nn3c2)cnc1-c1cc(C(F)(F)F)nn1C. The normalized spacial score (nSPS) is 13.1. The number of alkyl halides is 6. The third kappa shape index (κ3) is 4.22.